The van der Waals surface area contributed by atoms with E-state index in [-0.39, 0.29) is 10.6 Å². The zero-order valence-electron chi connectivity index (χ0n) is 10.7. The lowest BCUT2D eigenvalue weighted by molar-refractivity contribution is 0.567. The molecule has 20 heavy (non-hydrogen) atoms. The Bertz CT molecular complexity index is 705. The van der Waals surface area contributed by atoms with Gasteiger partial charge in [0.15, 0.2) is 0 Å². The number of rotatable bonds is 4. The fourth-order valence-electron chi connectivity index (χ4n) is 1.76. The summed E-state index contributed by atoms with van der Waals surface area (Å²) in [6.07, 6.45) is 3.24. The molecule has 2 aromatic rings. The van der Waals surface area contributed by atoms with Gasteiger partial charge in [-0.2, -0.15) is 0 Å². The van der Waals surface area contributed by atoms with Gasteiger partial charge in [0, 0.05) is 23.5 Å². The van der Waals surface area contributed by atoms with Crippen LogP contribution in [0.25, 0.3) is 0 Å². The molecule has 0 spiro atoms. The van der Waals surface area contributed by atoms with Gasteiger partial charge in [0.1, 0.15) is 4.90 Å². The van der Waals surface area contributed by atoms with Gasteiger partial charge in [-0.15, -0.1) is 0 Å². The number of nitrogens with one attached hydrogen (secondary N) is 1. The number of benzene rings is 1. The number of hydrogen-bond donors (Lipinski definition) is 2. The molecular formula is C13H14ClN3O2S. The first-order valence-electron chi connectivity index (χ1n) is 5.87. The lowest BCUT2D eigenvalue weighted by atomic mass is 10.2. The molecule has 0 aliphatic carbocycles. The summed E-state index contributed by atoms with van der Waals surface area (Å²) in [5, 5.41) is 0.391. The zero-order chi connectivity index (χ0) is 14.8. The Morgan fingerprint density at radius 2 is 2.10 bits per heavy atom. The second-order valence-corrected chi connectivity index (χ2v) is 6.43. The quantitative estimate of drug-likeness (QED) is 0.849. The molecule has 1 aromatic carbocycles. The molecule has 0 fully saturated rings. The van der Waals surface area contributed by atoms with Gasteiger partial charge in [-0.3, -0.25) is 4.98 Å². The minimum atomic E-state index is -3.72. The first-order chi connectivity index (χ1) is 9.40. The number of pyridine rings is 1. The Balaban J connectivity index is 2.28. The van der Waals surface area contributed by atoms with Crippen molar-refractivity contribution < 1.29 is 8.42 Å². The van der Waals surface area contributed by atoms with Crippen LogP contribution < -0.4 is 10.5 Å². The molecule has 1 heterocycles. The van der Waals surface area contributed by atoms with Crippen LogP contribution in [0.15, 0.2) is 47.6 Å². The largest absolute Gasteiger partial charge is 0.398 e. The van der Waals surface area contributed by atoms with E-state index in [9.17, 15) is 8.42 Å². The van der Waals surface area contributed by atoms with Crippen LogP contribution in [0, 0.1) is 0 Å². The number of halogens is 1. The molecule has 1 atom stereocenters. The monoisotopic (exact) mass is 311 g/mol. The summed E-state index contributed by atoms with van der Waals surface area (Å²) in [4.78, 5) is 3.97. The van der Waals surface area contributed by atoms with Crippen molar-refractivity contribution in [3.05, 3.63) is 53.3 Å². The molecule has 2 rings (SSSR count). The smallest absolute Gasteiger partial charge is 0.243 e. The number of anilines is 1. The average molecular weight is 312 g/mol. The maximum Gasteiger partial charge on any atom is 0.243 e. The molecule has 0 aliphatic rings. The van der Waals surface area contributed by atoms with Crippen molar-refractivity contribution in [2.75, 3.05) is 5.73 Å². The van der Waals surface area contributed by atoms with Crippen LogP contribution in [0.5, 0.6) is 0 Å². The first-order valence-corrected chi connectivity index (χ1v) is 7.73. The number of sulfonamides is 1. The van der Waals surface area contributed by atoms with Crippen molar-refractivity contribution in [2.24, 2.45) is 0 Å². The molecule has 0 bridgehead atoms. The SMILES string of the molecule is CC(NS(=O)(=O)c1ccc(Cl)cc1N)c1cccnc1. The number of aromatic nitrogens is 1. The molecular weight excluding hydrogens is 298 g/mol. The maximum atomic E-state index is 12.3. The van der Waals surface area contributed by atoms with E-state index in [1.807, 2.05) is 0 Å². The number of hydrogen-bond acceptors (Lipinski definition) is 4. The van der Waals surface area contributed by atoms with Crippen LogP contribution in [0.3, 0.4) is 0 Å². The Labute approximate surface area is 122 Å². The van der Waals surface area contributed by atoms with Crippen molar-refractivity contribution in [3.63, 3.8) is 0 Å². The van der Waals surface area contributed by atoms with Gasteiger partial charge in [0.25, 0.3) is 0 Å². The summed E-state index contributed by atoms with van der Waals surface area (Å²) in [5.41, 5.74) is 6.59. The maximum absolute atomic E-state index is 12.3. The predicted molar refractivity (Wildman–Crippen MR) is 78.8 cm³/mol. The highest BCUT2D eigenvalue weighted by atomic mass is 35.5. The number of nitrogens with two attached hydrogens (primary N) is 1. The Hall–Kier alpha value is -1.63. The van der Waals surface area contributed by atoms with E-state index in [0.29, 0.717) is 5.02 Å². The molecule has 7 heteroatoms. The van der Waals surface area contributed by atoms with E-state index in [0.717, 1.165) is 5.56 Å². The summed E-state index contributed by atoms with van der Waals surface area (Å²) in [5.74, 6) is 0. The van der Waals surface area contributed by atoms with Crippen LogP contribution in [0.1, 0.15) is 18.5 Å². The van der Waals surface area contributed by atoms with E-state index < -0.39 is 16.1 Å². The second-order valence-electron chi connectivity index (χ2n) is 4.31. The minimum Gasteiger partial charge on any atom is -0.398 e. The van der Waals surface area contributed by atoms with E-state index in [1.54, 1.807) is 31.5 Å². The second kappa shape index (κ2) is 5.78. The molecule has 1 aromatic heterocycles. The van der Waals surface area contributed by atoms with Gasteiger partial charge in [0.2, 0.25) is 10.0 Å². The predicted octanol–water partition coefficient (Wildman–Crippen LogP) is 2.36. The molecule has 1 unspecified atom stereocenters. The van der Waals surface area contributed by atoms with Gasteiger partial charge in [0.05, 0.1) is 5.69 Å². The highest BCUT2D eigenvalue weighted by Gasteiger charge is 2.20. The third kappa shape index (κ3) is 3.27. The molecule has 5 nitrogen and oxygen atoms in total. The lowest BCUT2D eigenvalue weighted by Crippen LogP contribution is -2.27. The van der Waals surface area contributed by atoms with Gasteiger partial charge < -0.3 is 5.73 Å². The Morgan fingerprint density at radius 1 is 1.35 bits per heavy atom. The van der Waals surface area contributed by atoms with Gasteiger partial charge in [-0.05, 0) is 36.8 Å². The van der Waals surface area contributed by atoms with E-state index >= 15 is 0 Å². The fraction of sp³-hybridized carbons (Fsp3) is 0.154. The van der Waals surface area contributed by atoms with Crippen molar-refractivity contribution in [2.45, 2.75) is 17.9 Å². The molecule has 0 radical (unpaired) electrons. The lowest BCUT2D eigenvalue weighted by Gasteiger charge is -2.15. The van der Waals surface area contributed by atoms with E-state index in [2.05, 4.69) is 9.71 Å². The van der Waals surface area contributed by atoms with Crippen molar-refractivity contribution >= 4 is 27.3 Å². The molecule has 3 N–H and O–H groups in total. The average Bonchev–Trinajstić information content (AvgIpc) is 2.38. The van der Waals surface area contributed by atoms with Gasteiger partial charge in [-0.25, -0.2) is 13.1 Å². The highest BCUT2D eigenvalue weighted by molar-refractivity contribution is 7.89. The van der Waals surface area contributed by atoms with Crippen LogP contribution in [0.4, 0.5) is 5.69 Å². The Kier molecular flexibility index (Phi) is 4.27. The number of nitrogens with zero attached hydrogens (tertiary/aromatic N) is 1. The van der Waals surface area contributed by atoms with Crippen LogP contribution in [0.2, 0.25) is 5.02 Å². The van der Waals surface area contributed by atoms with Crippen molar-refractivity contribution in [3.8, 4) is 0 Å². The third-order valence-electron chi connectivity index (χ3n) is 2.78. The minimum absolute atomic E-state index is 0.0117. The van der Waals surface area contributed by atoms with Crippen LogP contribution in [-0.2, 0) is 10.0 Å². The normalized spacial score (nSPS) is 13.1. The molecule has 0 saturated carbocycles. The topological polar surface area (TPSA) is 85.1 Å². The van der Waals surface area contributed by atoms with Gasteiger partial charge in [-0.1, -0.05) is 17.7 Å². The third-order valence-corrected chi connectivity index (χ3v) is 4.63. The summed E-state index contributed by atoms with van der Waals surface area (Å²) in [6, 6.07) is 7.41. The summed E-state index contributed by atoms with van der Waals surface area (Å²) >= 11 is 5.77. The molecule has 0 amide bonds. The van der Waals surface area contributed by atoms with E-state index in [4.69, 9.17) is 17.3 Å². The highest BCUT2D eigenvalue weighted by Crippen LogP contribution is 2.24. The standard InChI is InChI=1S/C13H14ClN3O2S/c1-9(10-3-2-6-16-8-10)17-20(18,19)13-5-4-11(14)7-12(13)15/h2-9,17H,15H2,1H3. The first kappa shape index (κ1) is 14.8. The Morgan fingerprint density at radius 3 is 2.70 bits per heavy atom. The molecule has 0 saturated heterocycles. The van der Waals surface area contributed by atoms with Crippen LogP contribution in [-0.4, -0.2) is 13.4 Å². The summed E-state index contributed by atoms with van der Waals surface area (Å²) < 4.78 is 27.1. The van der Waals surface area contributed by atoms with Crippen molar-refractivity contribution in [1.82, 2.24) is 9.71 Å². The van der Waals surface area contributed by atoms with Crippen molar-refractivity contribution in [1.29, 1.82) is 0 Å². The fourth-order valence-corrected chi connectivity index (χ4v) is 3.29. The molecule has 0 aliphatic heterocycles. The summed E-state index contributed by atoms with van der Waals surface area (Å²) in [6.45, 7) is 1.74. The zero-order valence-corrected chi connectivity index (χ0v) is 12.3. The van der Waals surface area contributed by atoms with E-state index in [1.165, 1.54) is 18.2 Å². The van der Waals surface area contributed by atoms with Crippen LogP contribution >= 0.6 is 11.6 Å². The van der Waals surface area contributed by atoms with Gasteiger partial charge >= 0.3 is 0 Å². The molecule has 106 valence electrons. The number of nitrogen functional groups attached to an aromatic ring is 1. The summed E-state index contributed by atoms with van der Waals surface area (Å²) in [7, 11) is -3.72.